The number of rotatable bonds is 2. The quantitative estimate of drug-likeness (QED) is 0.796. The van der Waals surface area contributed by atoms with Crippen LogP contribution in [0.2, 0.25) is 0 Å². The van der Waals surface area contributed by atoms with Crippen molar-refractivity contribution in [1.82, 2.24) is 19.4 Å². The van der Waals surface area contributed by atoms with Gasteiger partial charge < -0.3 is 19.3 Å². The van der Waals surface area contributed by atoms with Crippen LogP contribution in [0.3, 0.4) is 0 Å². The van der Waals surface area contributed by atoms with Gasteiger partial charge in [0.1, 0.15) is 0 Å². The summed E-state index contributed by atoms with van der Waals surface area (Å²) in [4.78, 5) is 22.1. The van der Waals surface area contributed by atoms with Crippen LogP contribution in [0, 0.1) is 11.8 Å². The lowest BCUT2D eigenvalue weighted by Gasteiger charge is -2.37. The first kappa shape index (κ1) is 17.1. The van der Waals surface area contributed by atoms with Crippen LogP contribution >= 0.6 is 0 Å². The molecule has 0 bridgehead atoms. The van der Waals surface area contributed by atoms with Gasteiger partial charge >= 0.3 is 6.18 Å². The third-order valence-corrected chi connectivity index (χ3v) is 4.91. The van der Waals surface area contributed by atoms with Crippen molar-refractivity contribution in [2.45, 2.75) is 6.18 Å². The molecular weight excluding hydrogens is 323 g/mol. The number of imidazole rings is 1. The number of aryl methyl sites for hydroxylation is 1. The molecule has 2 atom stereocenters. The maximum atomic E-state index is 13.2. The van der Waals surface area contributed by atoms with Gasteiger partial charge in [0, 0.05) is 58.7 Å². The average Bonchev–Trinajstić information content (AvgIpc) is 3.12. The normalized spacial score (nSPS) is 26.2. The van der Waals surface area contributed by atoms with E-state index in [2.05, 4.69) is 4.98 Å². The molecule has 0 aromatic carbocycles. The molecule has 6 nitrogen and oxygen atoms in total. The monoisotopic (exact) mass is 345 g/mol. The van der Waals surface area contributed by atoms with Crippen molar-refractivity contribution in [2.24, 2.45) is 18.9 Å². The van der Waals surface area contributed by atoms with Gasteiger partial charge in [0.05, 0.1) is 11.8 Å². The summed E-state index contributed by atoms with van der Waals surface area (Å²) >= 11 is 0. The third kappa shape index (κ3) is 3.22. The number of hydrogen-bond acceptors (Lipinski definition) is 4. The number of hydrogen-bond donors (Lipinski definition) is 0. The molecule has 3 heterocycles. The van der Waals surface area contributed by atoms with E-state index in [1.165, 1.54) is 0 Å². The van der Waals surface area contributed by atoms with Crippen LogP contribution < -0.4 is 4.90 Å². The van der Waals surface area contributed by atoms with Crippen LogP contribution in [0.5, 0.6) is 0 Å². The summed E-state index contributed by atoms with van der Waals surface area (Å²) in [5.41, 5.74) is 0. The van der Waals surface area contributed by atoms with E-state index in [1.807, 2.05) is 22.7 Å². The van der Waals surface area contributed by atoms with Crippen molar-refractivity contribution in [3.63, 3.8) is 0 Å². The molecule has 0 saturated carbocycles. The smallest absolute Gasteiger partial charge is 0.339 e. The molecule has 0 radical (unpaired) electrons. The molecule has 0 unspecified atom stereocenters. The van der Waals surface area contributed by atoms with Crippen LogP contribution in [0.1, 0.15) is 0 Å². The lowest BCUT2D eigenvalue weighted by atomic mass is 9.94. The van der Waals surface area contributed by atoms with Crippen LogP contribution in [0.4, 0.5) is 19.1 Å². The number of alkyl halides is 3. The molecule has 2 aliphatic rings. The molecular formula is C15H22F3N5O. The number of amides is 1. The first-order chi connectivity index (χ1) is 11.3. The fraction of sp³-hybridized carbons (Fsp3) is 0.733. The minimum atomic E-state index is -4.33. The van der Waals surface area contributed by atoms with E-state index >= 15 is 0 Å². The Morgan fingerprint density at radius 1 is 1.17 bits per heavy atom. The Morgan fingerprint density at radius 3 is 2.38 bits per heavy atom. The first-order valence-corrected chi connectivity index (χ1v) is 8.03. The zero-order valence-electron chi connectivity index (χ0n) is 13.8. The number of aromatic nitrogens is 2. The fourth-order valence-electron chi connectivity index (χ4n) is 3.61. The summed E-state index contributed by atoms with van der Waals surface area (Å²) in [6, 6.07) is 0. The molecule has 2 fully saturated rings. The van der Waals surface area contributed by atoms with Crippen LogP contribution in [-0.2, 0) is 11.8 Å². The maximum absolute atomic E-state index is 13.2. The summed E-state index contributed by atoms with van der Waals surface area (Å²) in [5.74, 6) is -2.12. The second-order valence-electron chi connectivity index (χ2n) is 6.63. The summed E-state index contributed by atoms with van der Waals surface area (Å²) in [6.07, 6.45) is -0.788. The van der Waals surface area contributed by atoms with Crippen molar-refractivity contribution >= 4 is 11.9 Å². The van der Waals surface area contributed by atoms with Gasteiger partial charge in [0.25, 0.3) is 0 Å². The fourth-order valence-corrected chi connectivity index (χ4v) is 3.61. The molecule has 24 heavy (non-hydrogen) atoms. The largest absolute Gasteiger partial charge is 0.393 e. The number of nitrogens with zero attached hydrogens (tertiary/aromatic N) is 5. The zero-order chi connectivity index (χ0) is 17.5. The summed E-state index contributed by atoms with van der Waals surface area (Å²) in [6.45, 7) is 2.08. The van der Waals surface area contributed by atoms with E-state index in [0.29, 0.717) is 26.2 Å². The van der Waals surface area contributed by atoms with Crippen LogP contribution in [0.15, 0.2) is 12.4 Å². The summed E-state index contributed by atoms with van der Waals surface area (Å²) in [5, 5.41) is 0. The molecule has 1 aromatic rings. The van der Waals surface area contributed by atoms with Gasteiger partial charge in [-0.2, -0.15) is 13.2 Å². The average molecular weight is 345 g/mol. The predicted octanol–water partition coefficient (Wildman–Crippen LogP) is 0.809. The van der Waals surface area contributed by atoms with Gasteiger partial charge in [-0.25, -0.2) is 4.98 Å². The number of carbonyl (C=O) groups is 1. The third-order valence-electron chi connectivity index (χ3n) is 4.91. The van der Waals surface area contributed by atoms with Gasteiger partial charge in [-0.1, -0.05) is 0 Å². The summed E-state index contributed by atoms with van der Waals surface area (Å²) < 4.78 is 41.5. The lowest BCUT2D eigenvalue weighted by molar-refractivity contribution is -0.186. The Kier molecular flexibility index (Phi) is 4.46. The molecule has 2 aliphatic heterocycles. The molecule has 0 N–H and O–H groups in total. The highest BCUT2D eigenvalue weighted by Crippen LogP contribution is 2.38. The number of anilines is 1. The van der Waals surface area contributed by atoms with Crippen molar-refractivity contribution in [3.05, 3.63) is 12.4 Å². The number of piperazine rings is 1. The lowest BCUT2D eigenvalue weighted by Crippen LogP contribution is -2.52. The minimum Gasteiger partial charge on any atom is -0.339 e. The van der Waals surface area contributed by atoms with Gasteiger partial charge in [-0.3, -0.25) is 4.79 Å². The van der Waals surface area contributed by atoms with E-state index in [9.17, 15) is 18.0 Å². The standard InChI is InChI=1S/C15H22F3N5O/c1-20-9-11(12(10-20)15(16,17)18)13(24)22-5-7-23(8-6-22)14-19-3-4-21(14)2/h3-4,11-12H,5-10H2,1-2H3/t11-,12-/m1/s1. The highest BCUT2D eigenvalue weighted by molar-refractivity contribution is 5.80. The SMILES string of the molecule is CN1C[C@@H](C(F)(F)F)[C@H](C(=O)N2CCN(c3nccn3C)CC2)C1. The van der Waals surface area contributed by atoms with Crippen molar-refractivity contribution < 1.29 is 18.0 Å². The van der Waals surface area contributed by atoms with E-state index in [1.54, 1.807) is 23.0 Å². The Morgan fingerprint density at radius 2 is 1.83 bits per heavy atom. The van der Waals surface area contributed by atoms with Gasteiger partial charge in [0.15, 0.2) is 0 Å². The summed E-state index contributed by atoms with van der Waals surface area (Å²) in [7, 11) is 3.52. The Hall–Kier alpha value is -1.77. The molecule has 2 saturated heterocycles. The second-order valence-corrected chi connectivity index (χ2v) is 6.63. The van der Waals surface area contributed by atoms with E-state index in [4.69, 9.17) is 0 Å². The molecule has 0 aliphatic carbocycles. The number of likely N-dealkylation sites (tertiary alicyclic amines) is 1. The Balaban J connectivity index is 1.64. The second kappa shape index (κ2) is 6.27. The van der Waals surface area contributed by atoms with Gasteiger partial charge in [-0.15, -0.1) is 0 Å². The highest BCUT2D eigenvalue weighted by Gasteiger charge is 2.52. The van der Waals surface area contributed by atoms with Gasteiger partial charge in [0.2, 0.25) is 11.9 Å². The molecule has 1 amide bonds. The van der Waals surface area contributed by atoms with Crippen molar-refractivity contribution in [3.8, 4) is 0 Å². The van der Waals surface area contributed by atoms with Crippen molar-refractivity contribution in [1.29, 1.82) is 0 Å². The predicted molar refractivity (Wildman–Crippen MR) is 82.5 cm³/mol. The number of halogens is 3. The van der Waals surface area contributed by atoms with E-state index < -0.39 is 18.0 Å². The van der Waals surface area contributed by atoms with Gasteiger partial charge in [-0.05, 0) is 7.05 Å². The maximum Gasteiger partial charge on any atom is 0.393 e. The van der Waals surface area contributed by atoms with E-state index in [-0.39, 0.29) is 19.0 Å². The Bertz CT molecular complexity index is 594. The molecule has 0 spiro atoms. The van der Waals surface area contributed by atoms with E-state index in [0.717, 1.165) is 5.95 Å². The minimum absolute atomic E-state index is 0.104. The number of carbonyl (C=O) groups excluding carboxylic acids is 1. The zero-order valence-corrected chi connectivity index (χ0v) is 13.8. The highest BCUT2D eigenvalue weighted by atomic mass is 19.4. The van der Waals surface area contributed by atoms with Crippen molar-refractivity contribution in [2.75, 3.05) is 51.2 Å². The molecule has 3 rings (SSSR count). The molecule has 1 aromatic heterocycles. The Labute approximate surface area is 138 Å². The van der Waals surface area contributed by atoms with Crippen LogP contribution in [0.25, 0.3) is 0 Å². The first-order valence-electron chi connectivity index (χ1n) is 8.03. The molecule has 134 valence electrons. The topological polar surface area (TPSA) is 44.6 Å². The molecule has 9 heteroatoms. The van der Waals surface area contributed by atoms with Crippen LogP contribution in [-0.4, -0.2) is 77.8 Å².